The molecule has 0 bridgehead atoms. The number of Topliss-reactive ketones (excluding diaryl/α,β-unsaturated/α-hetero) is 1. The van der Waals surface area contributed by atoms with Crippen molar-refractivity contribution in [1.29, 1.82) is 0 Å². The minimum atomic E-state index is -0.112. The maximum absolute atomic E-state index is 11.6. The van der Waals surface area contributed by atoms with E-state index in [2.05, 4.69) is 5.32 Å². The Hall–Kier alpha value is -1.51. The summed E-state index contributed by atoms with van der Waals surface area (Å²) in [5.74, 6) is 0.882. The fourth-order valence-electron chi connectivity index (χ4n) is 2.18. The fraction of sp³-hybridized carbons (Fsp3) is 0.462. The van der Waals surface area contributed by atoms with E-state index in [0.717, 1.165) is 30.7 Å². The number of ketones is 1. The van der Waals surface area contributed by atoms with Crippen molar-refractivity contribution in [1.82, 2.24) is 5.32 Å². The van der Waals surface area contributed by atoms with Crippen LogP contribution in [0.2, 0.25) is 0 Å². The van der Waals surface area contributed by atoms with Crippen LogP contribution in [-0.4, -0.2) is 19.4 Å². The molecule has 0 radical (unpaired) electrons. The number of hydrogen-bond acceptors (Lipinski definition) is 3. The molecule has 0 saturated carbocycles. The number of carbonyl (C=O) groups excluding carboxylic acids is 1. The Balaban J connectivity index is 2.36. The molecule has 0 aromatic rings. The van der Waals surface area contributed by atoms with E-state index in [1.807, 2.05) is 18.2 Å². The van der Waals surface area contributed by atoms with Crippen molar-refractivity contribution in [2.45, 2.75) is 19.8 Å². The van der Waals surface area contributed by atoms with Crippen molar-refractivity contribution in [3.05, 3.63) is 35.3 Å². The van der Waals surface area contributed by atoms with Crippen molar-refractivity contribution in [2.24, 2.45) is 5.92 Å². The van der Waals surface area contributed by atoms with Crippen LogP contribution in [-0.2, 0) is 9.53 Å². The van der Waals surface area contributed by atoms with Gasteiger partial charge in [0.15, 0.2) is 0 Å². The molecule has 16 heavy (non-hydrogen) atoms. The Morgan fingerprint density at radius 3 is 2.94 bits per heavy atom. The third-order valence-corrected chi connectivity index (χ3v) is 3.05. The molecular formula is C13H17NO2. The van der Waals surface area contributed by atoms with Crippen LogP contribution >= 0.6 is 0 Å². The molecule has 1 aliphatic carbocycles. The number of nitrogens with one attached hydrogen (secondary N) is 1. The van der Waals surface area contributed by atoms with Gasteiger partial charge < -0.3 is 10.1 Å². The van der Waals surface area contributed by atoms with E-state index >= 15 is 0 Å². The van der Waals surface area contributed by atoms with Crippen LogP contribution in [0.15, 0.2) is 35.3 Å². The zero-order valence-corrected chi connectivity index (χ0v) is 9.75. The Bertz CT molecular complexity index is 383. The highest BCUT2D eigenvalue weighted by Crippen LogP contribution is 2.28. The van der Waals surface area contributed by atoms with E-state index in [1.54, 1.807) is 14.0 Å². The van der Waals surface area contributed by atoms with Gasteiger partial charge in [-0.15, -0.1) is 0 Å². The summed E-state index contributed by atoms with van der Waals surface area (Å²) in [4.78, 5) is 11.6. The molecule has 1 heterocycles. The smallest absolute Gasteiger partial charge is 0.141 e. The standard InChI is InChI=1S/C13H17NO2/c1-9(15)11-6-5-10(16-2)8-12(11)13-4-3-7-14-13/h5-6,8,11,14H,3-4,7H2,1-2H3/b13-12-. The van der Waals surface area contributed by atoms with E-state index in [9.17, 15) is 4.79 Å². The topological polar surface area (TPSA) is 38.3 Å². The van der Waals surface area contributed by atoms with Crippen molar-refractivity contribution in [2.75, 3.05) is 13.7 Å². The summed E-state index contributed by atoms with van der Waals surface area (Å²) in [6, 6.07) is 0. The van der Waals surface area contributed by atoms with Gasteiger partial charge in [-0.3, -0.25) is 4.79 Å². The molecule has 0 spiro atoms. The van der Waals surface area contributed by atoms with Crippen LogP contribution < -0.4 is 5.32 Å². The van der Waals surface area contributed by atoms with Crippen LogP contribution in [0.4, 0.5) is 0 Å². The number of hydrogen-bond donors (Lipinski definition) is 1. The normalized spacial score (nSPS) is 28.6. The molecule has 1 fully saturated rings. The lowest BCUT2D eigenvalue weighted by molar-refractivity contribution is -0.118. The summed E-state index contributed by atoms with van der Waals surface area (Å²) in [5, 5.41) is 3.35. The van der Waals surface area contributed by atoms with E-state index in [4.69, 9.17) is 4.74 Å². The average molecular weight is 219 g/mol. The summed E-state index contributed by atoms with van der Waals surface area (Å²) in [6.07, 6.45) is 7.93. The molecule has 0 amide bonds. The van der Waals surface area contributed by atoms with Gasteiger partial charge in [-0.2, -0.15) is 0 Å². The van der Waals surface area contributed by atoms with E-state index < -0.39 is 0 Å². The van der Waals surface area contributed by atoms with Gasteiger partial charge in [0, 0.05) is 12.2 Å². The minimum Gasteiger partial charge on any atom is -0.497 e. The summed E-state index contributed by atoms with van der Waals surface area (Å²) in [5.41, 5.74) is 2.27. The molecule has 1 N–H and O–H groups in total. The molecule has 3 nitrogen and oxygen atoms in total. The second-order valence-electron chi connectivity index (χ2n) is 4.16. The lowest BCUT2D eigenvalue weighted by Crippen LogP contribution is -2.18. The van der Waals surface area contributed by atoms with E-state index in [0.29, 0.717) is 0 Å². The maximum Gasteiger partial charge on any atom is 0.141 e. The van der Waals surface area contributed by atoms with Gasteiger partial charge in [0.25, 0.3) is 0 Å². The second kappa shape index (κ2) is 4.56. The van der Waals surface area contributed by atoms with Crippen LogP contribution in [0.5, 0.6) is 0 Å². The van der Waals surface area contributed by atoms with Crippen LogP contribution in [0.1, 0.15) is 19.8 Å². The van der Waals surface area contributed by atoms with Gasteiger partial charge in [0.1, 0.15) is 11.5 Å². The quantitative estimate of drug-likeness (QED) is 0.771. The van der Waals surface area contributed by atoms with E-state index in [1.165, 1.54) is 5.70 Å². The lowest BCUT2D eigenvalue weighted by atomic mass is 9.89. The number of ether oxygens (including phenoxy) is 1. The first-order valence-corrected chi connectivity index (χ1v) is 5.63. The molecule has 3 heteroatoms. The summed E-state index contributed by atoms with van der Waals surface area (Å²) < 4.78 is 5.21. The molecule has 1 atom stereocenters. The zero-order valence-electron chi connectivity index (χ0n) is 9.75. The molecule has 1 saturated heterocycles. The van der Waals surface area contributed by atoms with E-state index in [-0.39, 0.29) is 11.7 Å². The fourth-order valence-corrected chi connectivity index (χ4v) is 2.18. The van der Waals surface area contributed by atoms with Crippen LogP contribution in [0, 0.1) is 5.92 Å². The monoisotopic (exact) mass is 219 g/mol. The average Bonchev–Trinajstić information content (AvgIpc) is 2.81. The molecule has 0 aromatic heterocycles. The van der Waals surface area contributed by atoms with Crippen molar-refractivity contribution in [3.63, 3.8) is 0 Å². The SMILES string of the molecule is COC1=C/C(=C2\CCCN2)C(C(C)=O)C=C1. The van der Waals surface area contributed by atoms with Crippen molar-refractivity contribution in [3.8, 4) is 0 Å². The third-order valence-electron chi connectivity index (χ3n) is 3.05. The van der Waals surface area contributed by atoms with Gasteiger partial charge in [-0.05, 0) is 37.5 Å². The summed E-state index contributed by atoms with van der Waals surface area (Å²) in [7, 11) is 1.65. The predicted molar refractivity (Wildman–Crippen MR) is 62.7 cm³/mol. The maximum atomic E-state index is 11.6. The lowest BCUT2D eigenvalue weighted by Gasteiger charge is -2.19. The third kappa shape index (κ3) is 2.03. The first-order valence-electron chi connectivity index (χ1n) is 5.63. The Kier molecular flexibility index (Phi) is 3.13. The van der Waals surface area contributed by atoms with Crippen LogP contribution in [0.3, 0.4) is 0 Å². The molecule has 1 aliphatic heterocycles. The van der Waals surface area contributed by atoms with Crippen LogP contribution in [0.25, 0.3) is 0 Å². The molecule has 2 aliphatic rings. The number of allylic oxidation sites excluding steroid dienone is 5. The predicted octanol–water partition coefficient (Wildman–Crippen LogP) is 1.93. The number of carbonyl (C=O) groups is 1. The van der Waals surface area contributed by atoms with Gasteiger partial charge in [-0.25, -0.2) is 0 Å². The second-order valence-corrected chi connectivity index (χ2v) is 4.16. The van der Waals surface area contributed by atoms with Gasteiger partial charge in [0.05, 0.1) is 13.0 Å². The minimum absolute atomic E-state index is 0.112. The first kappa shape index (κ1) is 11.0. The van der Waals surface area contributed by atoms with Gasteiger partial charge >= 0.3 is 0 Å². The molecule has 1 unspecified atom stereocenters. The first-order chi connectivity index (χ1) is 7.72. The highest BCUT2D eigenvalue weighted by molar-refractivity contribution is 5.84. The largest absolute Gasteiger partial charge is 0.497 e. The summed E-state index contributed by atoms with van der Waals surface area (Å²) >= 11 is 0. The van der Waals surface area contributed by atoms with Gasteiger partial charge in [0.2, 0.25) is 0 Å². The zero-order chi connectivity index (χ0) is 11.5. The number of methoxy groups -OCH3 is 1. The molecule has 0 aromatic carbocycles. The highest BCUT2D eigenvalue weighted by Gasteiger charge is 2.23. The molecular weight excluding hydrogens is 202 g/mol. The Labute approximate surface area is 95.9 Å². The van der Waals surface area contributed by atoms with Crippen molar-refractivity contribution >= 4 is 5.78 Å². The van der Waals surface area contributed by atoms with Gasteiger partial charge in [-0.1, -0.05) is 6.08 Å². The summed E-state index contributed by atoms with van der Waals surface area (Å²) in [6.45, 7) is 2.64. The van der Waals surface area contributed by atoms with Crippen molar-refractivity contribution < 1.29 is 9.53 Å². The highest BCUT2D eigenvalue weighted by atomic mass is 16.5. The Morgan fingerprint density at radius 1 is 1.56 bits per heavy atom. The Morgan fingerprint density at radius 2 is 2.38 bits per heavy atom. The number of rotatable bonds is 2. The molecule has 2 rings (SSSR count). The molecule has 86 valence electrons.